The molecule has 0 bridgehead atoms. The summed E-state index contributed by atoms with van der Waals surface area (Å²) in [5.41, 5.74) is 0. The third-order valence-corrected chi connectivity index (χ3v) is 2.69. The maximum absolute atomic E-state index is 10.2. The zero-order valence-corrected chi connectivity index (χ0v) is 12.4. The summed E-state index contributed by atoms with van der Waals surface area (Å²) in [4.78, 5) is 0. The minimum absolute atomic E-state index is 0. The molecule has 0 heterocycles. The summed E-state index contributed by atoms with van der Waals surface area (Å²) in [6, 6.07) is 0. The van der Waals surface area contributed by atoms with Crippen molar-refractivity contribution in [3.8, 4) is 0 Å². The van der Waals surface area contributed by atoms with Crippen molar-refractivity contribution in [3.05, 3.63) is 0 Å². The fourth-order valence-electron chi connectivity index (χ4n) is 1.40. The van der Waals surface area contributed by atoms with Gasteiger partial charge in [0, 0.05) is 0 Å². The van der Waals surface area contributed by atoms with Gasteiger partial charge in [0.1, 0.15) is 0 Å². The van der Waals surface area contributed by atoms with Crippen LogP contribution in [0.25, 0.3) is 0 Å². The van der Waals surface area contributed by atoms with Crippen LogP contribution in [-0.4, -0.2) is 42.6 Å². The molecule has 0 aliphatic carbocycles. The molecule has 0 aromatic carbocycles. The van der Waals surface area contributed by atoms with E-state index in [0.717, 1.165) is 12.8 Å². The van der Waals surface area contributed by atoms with Crippen molar-refractivity contribution in [1.82, 2.24) is 0 Å². The molecule has 0 fully saturated rings. The Hall–Kier alpha value is 0.636. The fraction of sp³-hybridized carbons (Fsp3) is 1.00. The Labute approximate surface area is 118 Å². The van der Waals surface area contributed by atoms with Gasteiger partial charge >= 0.3 is 33.5 Å². The molecule has 0 saturated carbocycles. The third-order valence-electron chi connectivity index (χ3n) is 2.23. The molecule has 0 aromatic heterocycles. The van der Waals surface area contributed by atoms with Crippen LogP contribution in [0.4, 0.5) is 0 Å². The Balaban J connectivity index is -0.000000327. The molecular formula is C10H24MgO4S. The van der Waals surface area contributed by atoms with Crippen molar-refractivity contribution < 1.29 is 20.0 Å². The van der Waals surface area contributed by atoms with E-state index in [2.05, 4.69) is 11.1 Å². The van der Waals surface area contributed by atoms with E-state index in [1.165, 1.54) is 32.1 Å². The Morgan fingerprint density at radius 2 is 1.44 bits per heavy atom. The summed E-state index contributed by atoms with van der Waals surface area (Å²) < 4.78 is 32.8. The summed E-state index contributed by atoms with van der Waals surface area (Å²) in [6.45, 7) is 2.28. The maximum Gasteiger partial charge on any atom is 2.00 e. The molecule has 96 valence electrons. The molecule has 0 saturated heterocycles. The van der Waals surface area contributed by atoms with Gasteiger partial charge in [-0.05, 0) is 6.42 Å². The van der Waals surface area contributed by atoms with Crippen LogP contribution < -0.4 is 0 Å². The van der Waals surface area contributed by atoms with Crippen LogP contribution in [-0.2, 0) is 14.6 Å². The number of rotatable bonds is 10. The van der Waals surface area contributed by atoms with Gasteiger partial charge in [-0.1, -0.05) is 51.9 Å². The molecule has 0 radical (unpaired) electrons. The molecule has 6 heteroatoms. The topological polar surface area (TPSA) is 63.6 Å². The summed E-state index contributed by atoms with van der Waals surface area (Å²) in [7, 11) is -4.23. The number of hydrogen-bond acceptors (Lipinski definition) is 3. The molecule has 0 aliphatic heterocycles. The van der Waals surface area contributed by atoms with Crippen LogP contribution in [0.15, 0.2) is 0 Å². The largest absolute Gasteiger partial charge is 2.00 e. The van der Waals surface area contributed by atoms with Crippen LogP contribution in [0.1, 0.15) is 61.1 Å². The molecule has 16 heavy (non-hydrogen) atoms. The summed E-state index contributed by atoms with van der Waals surface area (Å²) in [5, 5.41) is 0. The van der Waals surface area contributed by atoms with Crippen LogP contribution in [0.3, 0.4) is 0 Å². The molecular weight excluding hydrogens is 240 g/mol. The quantitative estimate of drug-likeness (QED) is 0.374. The van der Waals surface area contributed by atoms with E-state index in [1.54, 1.807) is 0 Å². The van der Waals surface area contributed by atoms with Crippen molar-refractivity contribution >= 4 is 33.5 Å². The second-order valence-electron chi connectivity index (χ2n) is 3.72. The molecule has 0 amide bonds. The van der Waals surface area contributed by atoms with Gasteiger partial charge < -0.3 is 2.85 Å². The Bertz CT molecular complexity index is 238. The molecule has 0 aromatic rings. The first kappa shape index (κ1) is 19.0. The molecule has 0 unspecified atom stereocenters. The van der Waals surface area contributed by atoms with E-state index < -0.39 is 10.4 Å². The van der Waals surface area contributed by atoms with Crippen molar-refractivity contribution in [2.24, 2.45) is 0 Å². The zero-order chi connectivity index (χ0) is 11.6. The minimum atomic E-state index is -4.23. The Morgan fingerprint density at radius 3 is 1.88 bits per heavy atom. The molecule has 0 atom stereocenters. The predicted octanol–water partition coefficient (Wildman–Crippen LogP) is 2.79. The Morgan fingerprint density at radius 1 is 1.00 bits per heavy atom. The van der Waals surface area contributed by atoms with Gasteiger partial charge in [0.15, 0.2) is 0 Å². The van der Waals surface area contributed by atoms with Crippen LogP contribution in [0, 0.1) is 0 Å². The van der Waals surface area contributed by atoms with Crippen molar-refractivity contribution in [2.45, 2.75) is 58.3 Å². The molecule has 1 N–H and O–H groups in total. The standard InChI is InChI=1S/C10H22O4S.Mg.2H/c1-2-3-4-5-6-7-8-9-10-14-15(11,12)13;;;/h2-10H2,1H3,(H,11,12,13);;;/q;+2;2*-1. The minimum Gasteiger partial charge on any atom is -1.00 e. The molecule has 0 aliphatic rings. The normalized spacial score (nSPS) is 11.1. The predicted molar refractivity (Wildman–Crippen MR) is 68.1 cm³/mol. The van der Waals surface area contributed by atoms with Gasteiger partial charge in [-0.3, -0.25) is 4.55 Å². The van der Waals surface area contributed by atoms with Crippen LogP contribution >= 0.6 is 0 Å². The van der Waals surface area contributed by atoms with Crippen molar-refractivity contribution in [1.29, 1.82) is 0 Å². The molecule has 0 rings (SSSR count). The van der Waals surface area contributed by atoms with Crippen LogP contribution in [0.5, 0.6) is 0 Å². The maximum atomic E-state index is 10.2. The van der Waals surface area contributed by atoms with E-state index in [9.17, 15) is 8.42 Å². The monoisotopic (exact) mass is 264 g/mol. The van der Waals surface area contributed by atoms with Gasteiger partial charge in [-0.15, -0.1) is 0 Å². The van der Waals surface area contributed by atoms with Gasteiger partial charge in [0.2, 0.25) is 0 Å². The smallest absolute Gasteiger partial charge is 1.00 e. The first-order valence-corrected chi connectivity index (χ1v) is 7.04. The van der Waals surface area contributed by atoms with E-state index in [4.69, 9.17) is 4.55 Å². The van der Waals surface area contributed by atoms with Gasteiger partial charge in [-0.2, -0.15) is 8.42 Å². The molecule has 4 nitrogen and oxygen atoms in total. The van der Waals surface area contributed by atoms with Crippen molar-refractivity contribution in [3.63, 3.8) is 0 Å². The second kappa shape index (κ2) is 12.1. The van der Waals surface area contributed by atoms with E-state index in [-0.39, 0.29) is 32.5 Å². The first-order chi connectivity index (χ1) is 7.06. The van der Waals surface area contributed by atoms with Crippen LogP contribution in [0.2, 0.25) is 0 Å². The summed E-state index contributed by atoms with van der Waals surface area (Å²) in [5.74, 6) is 0. The number of hydrogen-bond donors (Lipinski definition) is 1. The van der Waals surface area contributed by atoms with Gasteiger partial charge in [0.25, 0.3) is 0 Å². The zero-order valence-electron chi connectivity index (χ0n) is 12.2. The average molecular weight is 265 g/mol. The van der Waals surface area contributed by atoms with E-state index in [1.807, 2.05) is 0 Å². The first-order valence-electron chi connectivity index (χ1n) is 5.68. The Kier molecular flexibility index (Phi) is 14.4. The van der Waals surface area contributed by atoms with Gasteiger partial charge in [0.05, 0.1) is 6.61 Å². The van der Waals surface area contributed by atoms with Gasteiger partial charge in [-0.25, -0.2) is 4.18 Å². The summed E-state index contributed by atoms with van der Waals surface area (Å²) in [6.07, 6.45) is 9.05. The third kappa shape index (κ3) is 17.0. The van der Waals surface area contributed by atoms with E-state index >= 15 is 0 Å². The van der Waals surface area contributed by atoms with Crippen molar-refractivity contribution in [2.75, 3.05) is 6.61 Å². The second-order valence-corrected chi connectivity index (χ2v) is 4.82. The average Bonchev–Trinajstić information content (AvgIpc) is 2.14. The fourth-order valence-corrected chi connectivity index (χ4v) is 1.73. The summed E-state index contributed by atoms with van der Waals surface area (Å²) >= 11 is 0. The SMILES string of the molecule is CCCCCCCCCCOS(=O)(=O)O.[H-].[H-].[Mg+2]. The molecule has 0 spiro atoms. The number of unbranched alkanes of at least 4 members (excludes halogenated alkanes) is 7. The van der Waals surface area contributed by atoms with E-state index in [0.29, 0.717) is 6.42 Å².